The predicted molar refractivity (Wildman–Crippen MR) is 55.4 cm³/mol. The second-order valence-corrected chi connectivity index (χ2v) is 5.32. The molecule has 0 aliphatic heterocycles. The Morgan fingerprint density at radius 2 is 1.86 bits per heavy atom. The van der Waals surface area contributed by atoms with Gasteiger partial charge in [-0.2, -0.15) is 0 Å². The predicted octanol–water partition coefficient (Wildman–Crippen LogP) is 0.315. The standard InChI is InChI=1S/C9H14N2O2S/c1-6-3-4-7(9(10)11)8(5-6)14(2,12)13/h3-5,9H,10-11H2,1-2H3. The molecule has 0 saturated carbocycles. The van der Waals surface area contributed by atoms with E-state index in [2.05, 4.69) is 0 Å². The summed E-state index contributed by atoms with van der Waals surface area (Å²) in [6, 6.07) is 5.02. The zero-order chi connectivity index (χ0) is 10.9. The molecule has 4 N–H and O–H groups in total. The lowest BCUT2D eigenvalue weighted by Crippen LogP contribution is -2.22. The van der Waals surface area contributed by atoms with Crippen LogP contribution in [0.2, 0.25) is 0 Å². The normalized spacial score (nSPS) is 12.1. The van der Waals surface area contributed by atoms with Crippen LogP contribution >= 0.6 is 0 Å². The van der Waals surface area contributed by atoms with E-state index in [1.807, 2.05) is 6.92 Å². The molecule has 14 heavy (non-hydrogen) atoms. The van der Waals surface area contributed by atoms with Gasteiger partial charge in [0.2, 0.25) is 0 Å². The van der Waals surface area contributed by atoms with Gasteiger partial charge in [0.1, 0.15) is 0 Å². The van der Waals surface area contributed by atoms with E-state index in [9.17, 15) is 8.42 Å². The third kappa shape index (κ3) is 2.31. The van der Waals surface area contributed by atoms with Gasteiger partial charge in [0.15, 0.2) is 9.84 Å². The van der Waals surface area contributed by atoms with Gasteiger partial charge in [-0.15, -0.1) is 0 Å². The van der Waals surface area contributed by atoms with E-state index in [4.69, 9.17) is 11.5 Å². The smallest absolute Gasteiger partial charge is 0.175 e. The third-order valence-electron chi connectivity index (χ3n) is 1.93. The minimum Gasteiger partial charge on any atom is -0.312 e. The summed E-state index contributed by atoms with van der Waals surface area (Å²) in [5, 5.41) is 0. The van der Waals surface area contributed by atoms with Crippen LogP contribution in [0.3, 0.4) is 0 Å². The molecular weight excluding hydrogens is 200 g/mol. The second-order valence-electron chi connectivity index (χ2n) is 3.34. The Labute approximate surface area is 83.8 Å². The van der Waals surface area contributed by atoms with Crippen molar-refractivity contribution >= 4 is 9.84 Å². The lowest BCUT2D eigenvalue weighted by atomic mass is 10.1. The first-order valence-electron chi connectivity index (χ1n) is 4.14. The third-order valence-corrected chi connectivity index (χ3v) is 3.08. The summed E-state index contributed by atoms with van der Waals surface area (Å²) in [4.78, 5) is 0.215. The SMILES string of the molecule is Cc1ccc(C(N)N)c(S(C)(=O)=O)c1. The van der Waals surface area contributed by atoms with Gasteiger partial charge in [-0.1, -0.05) is 12.1 Å². The fourth-order valence-corrected chi connectivity index (χ4v) is 2.27. The average Bonchev–Trinajstić information content (AvgIpc) is 2.01. The highest BCUT2D eigenvalue weighted by molar-refractivity contribution is 7.90. The molecule has 0 aliphatic rings. The van der Waals surface area contributed by atoms with Crippen LogP contribution in [0.1, 0.15) is 17.3 Å². The number of benzene rings is 1. The fourth-order valence-electron chi connectivity index (χ4n) is 1.24. The van der Waals surface area contributed by atoms with Gasteiger partial charge in [0, 0.05) is 11.8 Å². The molecule has 5 heteroatoms. The number of rotatable bonds is 2. The van der Waals surface area contributed by atoms with Crippen molar-refractivity contribution in [2.75, 3.05) is 6.26 Å². The Morgan fingerprint density at radius 3 is 2.29 bits per heavy atom. The number of nitrogens with two attached hydrogens (primary N) is 2. The molecule has 0 atom stereocenters. The molecule has 0 heterocycles. The molecule has 1 aromatic rings. The van der Waals surface area contributed by atoms with Gasteiger partial charge < -0.3 is 11.5 Å². The van der Waals surface area contributed by atoms with Crippen molar-refractivity contribution in [2.24, 2.45) is 11.5 Å². The topological polar surface area (TPSA) is 86.2 Å². The molecule has 0 aliphatic carbocycles. The molecule has 0 fully saturated rings. The van der Waals surface area contributed by atoms with E-state index in [1.54, 1.807) is 18.2 Å². The summed E-state index contributed by atoms with van der Waals surface area (Å²) in [6.45, 7) is 1.82. The van der Waals surface area contributed by atoms with Crippen LogP contribution in [0.25, 0.3) is 0 Å². The Kier molecular flexibility index (Phi) is 2.94. The van der Waals surface area contributed by atoms with Gasteiger partial charge >= 0.3 is 0 Å². The van der Waals surface area contributed by atoms with Crippen molar-refractivity contribution in [1.82, 2.24) is 0 Å². The summed E-state index contributed by atoms with van der Waals surface area (Å²) in [6.07, 6.45) is 0.383. The molecule has 1 aromatic carbocycles. The Hall–Kier alpha value is -0.910. The molecule has 0 aromatic heterocycles. The highest BCUT2D eigenvalue weighted by Gasteiger charge is 2.15. The molecule has 0 saturated heterocycles. The van der Waals surface area contributed by atoms with E-state index >= 15 is 0 Å². The van der Waals surface area contributed by atoms with Gasteiger partial charge in [-0.05, 0) is 18.6 Å². The van der Waals surface area contributed by atoms with E-state index < -0.39 is 16.0 Å². The van der Waals surface area contributed by atoms with Crippen LogP contribution in [0.15, 0.2) is 23.1 Å². The minimum atomic E-state index is -3.26. The monoisotopic (exact) mass is 214 g/mol. The Morgan fingerprint density at radius 1 is 1.29 bits per heavy atom. The van der Waals surface area contributed by atoms with Crippen LogP contribution in [0.5, 0.6) is 0 Å². The summed E-state index contributed by atoms with van der Waals surface area (Å²) in [5.41, 5.74) is 12.3. The van der Waals surface area contributed by atoms with Gasteiger partial charge in [-0.3, -0.25) is 0 Å². The molecule has 0 spiro atoms. The van der Waals surface area contributed by atoms with Crippen molar-refractivity contribution in [3.8, 4) is 0 Å². The second kappa shape index (κ2) is 3.68. The molecule has 0 bridgehead atoms. The minimum absolute atomic E-state index is 0.215. The largest absolute Gasteiger partial charge is 0.312 e. The summed E-state index contributed by atoms with van der Waals surface area (Å²) < 4.78 is 22.8. The maximum Gasteiger partial charge on any atom is 0.175 e. The van der Waals surface area contributed by atoms with Crippen molar-refractivity contribution in [2.45, 2.75) is 18.0 Å². The quantitative estimate of drug-likeness (QED) is 0.694. The first-order valence-corrected chi connectivity index (χ1v) is 6.03. The van der Waals surface area contributed by atoms with E-state index in [-0.39, 0.29) is 4.90 Å². The van der Waals surface area contributed by atoms with Crippen LogP contribution in [-0.4, -0.2) is 14.7 Å². The van der Waals surface area contributed by atoms with Crippen molar-refractivity contribution in [1.29, 1.82) is 0 Å². The molecule has 0 radical (unpaired) electrons. The molecule has 0 unspecified atom stereocenters. The van der Waals surface area contributed by atoms with Crippen LogP contribution in [0, 0.1) is 6.92 Å². The van der Waals surface area contributed by atoms with Crippen molar-refractivity contribution in [3.63, 3.8) is 0 Å². The summed E-state index contributed by atoms with van der Waals surface area (Å²) in [7, 11) is -3.26. The van der Waals surface area contributed by atoms with Gasteiger partial charge in [0.05, 0.1) is 11.1 Å². The van der Waals surface area contributed by atoms with Gasteiger partial charge in [0.25, 0.3) is 0 Å². The average molecular weight is 214 g/mol. The van der Waals surface area contributed by atoms with E-state index in [0.29, 0.717) is 5.56 Å². The van der Waals surface area contributed by atoms with Crippen LogP contribution in [-0.2, 0) is 9.84 Å². The van der Waals surface area contributed by atoms with Crippen LogP contribution < -0.4 is 11.5 Å². The highest BCUT2D eigenvalue weighted by Crippen LogP contribution is 2.20. The number of aryl methyl sites for hydroxylation is 1. The molecule has 78 valence electrons. The number of hydrogen-bond donors (Lipinski definition) is 2. The Balaban J connectivity index is 3.46. The Bertz CT molecular complexity index is 438. The lowest BCUT2D eigenvalue weighted by Gasteiger charge is -2.11. The van der Waals surface area contributed by atoms with Crippen LogP contribution in [0.4, 0.5) is 0 Å². The molecule has 1 rings (SSSR count). The zero-order valence-electron chi connectivity index (χ0n) is 8.19. The molecule has 0 amide bonds. The lowest BCUT2D eigenvalue weighted by molar-refractivity contribution is 0.598. The maximum atomic E-state index is 11.4. The van der Waals surface area contributed by atoms with E-state index in [1.165, 1.54) is 0 Å². The van der Waals surface area contributed by atoms with Crippen molar-refractivity contribution < 1.29 is 8.42 Å². The molecular formula is C9H14N2O2S. The number of sulfone groups is 1. The van der Waals surface area contributed by atoms with E-state index in [0.717, 1.165) is 11.8 Å². The highest BCUT2D eigenvalue weighted by atomic mass is 32.2. The van der Waals surface area contributed by atoms with Gasteiger partial charge in [-0.25, -0.2) is 8.42 Å². The first-order chi connectivity index (χ1) is 6.32. The summed E-state index contributed by atoms with van der Waals surface area (Å²) in [5.74, 6) is 0. The zero-order valence-corrected chi connectivity index (χ0v) is 9.01. The fraction of sp³-hybridized carbons (Fsp3) is 0.333. The first kappa shape index (κ1) is 11.2. The summed E-state index contributed by atoms with van der Waals surface area (Å²) >= 11 is 0. The van der Waals surface area contributed by atoms with Crippen molar-refractivity contribution in [3.05, 3.63) is 29.3 Å². The molecule has 4 nitrogen and oxygen atoms in total. The number of hydrogen-bond acceptors (Lipinski definition) is 4. The maximum absolute atomic E-state index is 11.4.